The molecule has 1 saturated carbocycles. The van der Waals surface area contributed by atoms with E-state index in [1.165, 1.54) is 12.0 Å². The lowest BCUT2D eigenvalue weighted by molar-refractivity contribution is -0.00345. The maximum atomic E-state index is 13.0. The van der Waals surface area contributed by atoms with Crippen molar-refractivity contribution in [3.05, 3.63) is 95.7 Å². The number of carbonyl (C=O) groups excluding carboxylic acids is 1. The smallest absolute Gasteiger partial charge is 0.251 e. The van der Waals surface area contributed by atoms with Gasteiger partial charge in [0.25, 0.3) is 5.91 Å². The SMILES string of the molecule is CC(c1ccccc1)(c1cccc(N)n1)N1CC2CCCC(C1)C2NC(=O)c1ccccc1. The highest BCUT2D eigenvalue weighted by atomic mass is 16.1. The molecule has 2 fully saturated rings. The fourth-order valence-corrected chi connectivity index (χ4v) is 5.84. The summed E-state index contributed by atoms with van der Waals surface area (Å²) < 4.78 is 0. The summed E-state index contributed by atoms with van der Waals surface area (Å²) in [6, 6.07) is 26.3. The molecule has 2 heterocycles. The molecule has 170 valence electrons. The van der Waals surface area contributed by atoms with Crippen LogP contribution in [0.15, 0.2) is 78.9 Å². The van der Waals surface area contributed by atoms with Crippen molar-refractivity contribution in [3.63, 3.8) is 0 Å². The first-order valence-corrected chi connectivity index (χ1v) is 11.9. The zero-order chi connectivity index (χ0) is 22.8. The number of fused-ring (bicyclic) bond motifs is 2. The number of likely N-dealkylation sites (tertiary alicyclic amines) is 1. The number of rotatable bonds is 5. The molecule has 3 N–H and O–H groups in total. The van der Waals surface area contributed by atoms with E-state index in [4.69, 9.17) is 10.7 Å². The standard InChI is InChI=1S/C28H32N4O/c1-28(23-14-6-3-7-15-23,24-16-9-17-25(29)30-24)32-18-21-12-8-13-22(19-32)26(21)31-27(33)20-10-4-2-5-11-20/h2-7,9-11,14-17,21-22,26H,8,12-13,18-19H2,1H3,(H2,29,30)(H,31,33). The molecule has 3 aromatic rings. The van der Waals surface area contributed by atoms with E-state index in [0.29, 0.717) is 17.7 Å². The van der Waals surface area contributed by atoms with Crippen molar-refractivity contribution >= 4 is 11.7 Å². The highest BCUT2D eigenvalue weighted by molar-refractivity contribution is 5.94. The Bertz CT molecular complexity index is 1090. The van der Waals surface area contributed by atoms with Crippen molar-refractivity contribution in [2.75, 3.05) is 18.8 Å². The average Bonchev–Trinajstić information content (AvgIpc) is 2.84. The van der Waals surface area contributed by atoms with E-state index in [1.54, 1.807) is 0 Å². The number of anilines is 1. The third kappa shape index (κ3) is 4.13. The van der Waals surface area contributed by atoms with Crippen molar-refractivity contribution in [2.45, 2.75) is 37.8 Å². The zero-order valence-electron chi connectivity index (χ0n) is 19.2. The molecular formula is C28H32N4O. The molecule has 1 aromatic heterocycles. The van der Waals surface area contributed by atoms with Crippen molar-refractivity contribution in [1.29, 1.82) is 0 Å². The number of nitrogens with two attached hydrogens (primary N) is 1. The number of nitrogens with zero attached hydrogens (tertiary/aromatic N) is 2. The topological polar surface area (TPSA) is 71.2 Å². The Balaban J connectivity index is 1.45. The van der Waals surface area contributed by atoms with Gasteiger partial charge in [0.05, 0.1) is 11.2 Å². The van der Waals surface area contributed by atoms with Gasteiger partial charge in [-0.25, -0.2) is 4.98 Å². The summed E-state index contributed by atoms with van der Waals surface area (Å²) in [4.78, 5) is 20.3. The zero-order valence-corrected chi connectivity index (χ0v) is 19.2. The predicted octanol–water partition coefficient (Wildman–Crippen LogP) is 4.46. The highest BCUT2D eigenvalue weighted by Crippen LogP contribution is 2.43. The number of nitrogen functional groups attached to an aromatic ring is 1. The van der Waals surface area contributed by atoms with Crippen LogP contribution >= 0.6 is 0 Å². The van der Waals surface area contributed by atoms with Crippen LogP contribution in [-0.2, 0) is 5.54 Å². The predicted molar refractivity (Wildman–Crippen MR) is 132 cm³/mol. The number of nitrogens with one attached hydrogen (secondary N) is 1. The second-order valence-corrected chi connectivity index (χ2v) is 9.61. The molecule has 5 heteroatoms. The molecule has 1 aliphatic heterocycles. The molecule has 3 atom stereocenters. The summed E-state index contributed by atoms with van der Waals surface area (Å²) in [7, 11) is 0. The molecule has 5 rings (SSSR count). The normalized spacial score (nSPS) is 24.6. The van der Waals surface area contributed by atoms with Crippen LogP contribution in [0.25, 0.3) is 0 Å². The molecular weight excluding hydrogens is 408 g/mol. The third-order valence-electron chi connectivity index (χ3n) is 7.65. The molecule has 3 unspecified atom stereocenters. The van der Waals surface area contributed by atoms with E-state index in [0.717, 1.165) is 37.2 Å². The van der Waals surface area contributed by atoms with Crippen LogP contribution in [0.3, 0.4) is 0 Å². The second kappa shape index (κ2) is 8.99. The van der Waals surface area contributed by atoms with Gasteiger partial charge in [0, 0.05) is 24.7 Å². The van der Waals surface area contributed by atoms with Gasteiger partial charge in [0.1, 0.15) is 5.82 Å². The van der Waals surface area contributed by atoms with Crippen molar-refractivity contribution in [1.82, 2.24) is 15.2 Å². The van der Waals surface area contributed by atoms with Gasteiger partial charge >= 0.3 is 0 Å². The Kier molecular flexibility index (Phi) is 5.90. The fraction of sp³-hybridized carbons (Fsp3) is 0.357. The van der Waals surface area contributed by atoms with E-state index in [1.807, 2.05) is 42.5 Å². The number of aromatic nitrogens is 1. The fourth-order valence-electron chi connectivity index (χ4n) is 5.84. The van der Waals surface area contributed by atoms with E-state index in [9.17, 15) is 4.79 Å². The second-order valence-electron chi connectivity index (χ2n) is 9.61. The number of benzene rings is 2. The van der Waals surface area contributed by atoms with Gasteiger partial charge in [0.2, 0.25) is 0 Å². The molecule has 5 nitrogen and oxygen atoms in total. The Morgan fingerprint density at radius 3 is 2.21 bits per heavy atom. The Morgan fingerprint density at radius 2 is 1.58 bits per heavy atom. The summed E-state index contributed by atoms with van der Waals surface area (Å²) in [5.74, 6) is 1.40. The summed E-state index contributed by atoms with van der Waals surface area (Å²) in [5.41, 5.74) is 8.64. The van der Waals surface area contributed by atoms with Crippen molar-refractivity contribution < 1.29 is 4.79 Å². The summed E-state index contributed by atoms with van der Waals surface area (Å²) in [5, 5.41) is 3.40. The monoisotopic (exact) mass is 440 g/mol. The lowest BCUT2D eigenvalue weighted by Gasteiger charge is -2.53. The Hall–Kier alpha value is -3.18. The van der Waals surface area contributed by atoms with E-state index < -0.39 is 0 Å². The van der Waals surface area contributed by atoms with Crippen LogP contribution < -0.4 is 11.1 Å². The number of amides is 1. The van der Waals surface area contributed by atoms with Gasteiger partial charge < -0.3 is 11.1 Å². The first kappa shape index (κ1) is 21.7. The molecule has 1 saturated heterocycles. The first-order chi connectivity index (χ1) is 16.1. The highest BCUT2D eigenvalue weighted by Gasteiger charge is 2.47. The van der Waals surface area contributed by atoms with Crippen LogP contribution in [0, 0.1) is 11.8 Å². The molecule has 33 heavy (non-hydrogen) atoms. The number of hydrogen-bond donors (Lipinski definition) is 2. The quantitative estimate of drug-likeness (QED) is 0.615. The summed E-state index contributed by atoms with van der Waals surface area (Å²) in [6.45, 7) is 4.10. The van der Waals surface area contributed by atoms with Gasteiger partial charge in [-0.05, 0) is 61.4 Å². The van der Waals surface area contributed by atoms with Crippen LogP contribution in [0.1, 0.15) is 47.8 Å². The number of piperidine rings is 1. The van der Waals surface area contributed by atoms with E-state index in [2.05, 4.69) is 53.5 Å². The average molecular weight is 441 g/mol. The van der Waals surface area contributed by atoms with E-state index in [-0.39, 0.29) is 17.5 Å². The molecule has 1 amide bonds. The third-order valence-corrected chi connectivity index (χ3v) is 7.65. The minimum atomic E-state index is -0.390. The number of pyridine rings is 1. The number of hydrogen-bond acceptors (Lipinski definition) is 4. The molecule has 2 aliphatic rings. The summed E-state index contributed by atoms with van der Waals surface area (Å²) in [6.07, 6.45) is 3.48. The van der Waals surface area contributed by atoms with Gasteiger partial charge in [-0.15, -0.1) is 0 Å². The van der Waals surface area contributed by atoms with E-state index >= 15 is 0 Å². The van der Waals surface area contributed by atoms with Crippen LogP contribution in [-0.4, -0.2) is 34.9 Å². The first-order valence-electron chi connectivity index (χ1n) is 11.9. The number of carbonyl (C=O) groups is 1. The molecule has 2 aromatic carbocycles. The largest absolute Gasteiger partial charge is 0.384 e. The minimum absolute atomic E-state index is 0.0364. The van der Waals surface area contributed by atoms with Crippen LogP contribution in [0.2, 0.25) is 0 Å². The lowest BCUT2D eigenvalue weighted by atomic mass is 9.71. The Morgan fingerprint density at radius 1 is 0.939 bits per heavy atom. The van der Waals surface area contributed by atoms with Gasteiger partial charge in [-0.2, -0.15) is 0 Å². The maximum Gasteiger partial charge on any atom is 0.251 e. The van der Waals surface area contributed by atoms with Crippen LogP contribution in [0.5, 0.6) is 0 Å². The molecule has 0 spiro atoms. The summed E-state index contributed by atoms with van der Waals surface area (Å²) >= 11 is 0. The van der Waals surface area contributed by atoms with Gasteiger partial charge in [0.15, 0.2) is 0 Å². The lowest BCUT2D eigenvalue weighted by Crippen LogP contribution is -2.62. The van der Waals surface area contributed by atoms with Crippen molar-refractivity contribution in [3.8, 4) is 0 Å². The molecule has 2 bridgehead atoms. The Labute approximate surface area is 196 Å². The van der Waals surface area contributed by atoms with Gasteiger partial charge in [-0.1, -0.05) is 61.0 Å². The maximum absolute atomic E-state index is 13.0. The van der Waals surface area contributed by atoms with Crippen molar-refractivity contribution in [2.24, 2.45) is 11.8 Å². The minimum Gasteiger partial charge on any atom is -0.384 e. The van der Waals surface area contributed by atoms with Crippen LogP contribution in [0.4, 0.5) is 5.82 Å². The molecule has 0 radical (unpaired) electrons. The molecule has 1 aliphatic carbocycles. The van der Waals surface area contributed by atoms with Gasteiger partial charge in [-0.3, -0.25) is 9.69 Å².